The van der Waals surface area contributed by atoms with E-state index in [-0.39, 0.29) is 10.7 Å². The lowest BCUT2D eigenvalue weighted by Gasteiger charge is -2.07. The Balaban J connectivity index is 2.23. The van der Waals surface area contributed by atoms with Crippen molar-refractivity contribution in [3.63, 3.8) is 0 Å². The fourth-order valence-electron chi connectivity index (χ4n) is 2.09. The second-order valence-corrected chi connectivity index (χ2v) is 5.66. The van der Waals surface area contributed by atoms with E-state index in [0.717, 1.165) is 15.6 Å². The van der Waals surface area contributed by atoms with E-state index >= 15 is 0 Å². The second kappa shape index (κ2) is 5.35. The summed E-state index contributed by atoms with van der Waals surface area (Å²) in [6.45, 7) is 0. The highest BCUT2D eigenvalue weighted by Crippen LogP contribution is 2.36. The van der Waals surface area contributed by atoms with Gasteiger partial charge in [-0.15, -0.1) is 11.3 Å². The highest BCUT2D eigenvalue weighted by molar-refractivity contribution is 7.15. The van der Waals surface area contributed by atoms with Crippen LogP contribution in [0.1, 0.15) is 10.5 Å². The number of carbonyl (C=O) groups excluding carboxylic acids is 1. The Morgan fingerprint density at radius 1 is 1.38 bits per heavy atom. The maximum atomic E-state index is 11.8. The third-order valence-electron chi connectivity index (χ3n) is 3.11. The number of halogens is 1. The molecule has 2 aromatic heterocycles. The molecule has 0 aliphatic carbocycles. The molecule has 106 valence electrons. The summed E-state index contributed by atoms with van der Waals surface area (Å²) in [7, 11) is 1.28. The number of hydrogen-bond donors (Lipinski definition) is 1. The zero-order chi connectivity index (χ0) is 15.0. The van der Waals surface area contributed by atoms with Gasteiger partial charge in [-0.2, -0.15) is 0 Å². The molecule has 3 rings (SSSR count). The predicted octanol–water partition coefficient (Wildman–Crippen LogP) is 3.99. The molecule has 0 amide bonds. The van der Waals surface area contributed by atoms with Crippen LogP contribution >= 0.6 is 22.9 Å². The maximum absolute atomic E-state index is 11.8. The first-order valence-electron chi connectivity index (χ1n) is 6.12. The molecular weight excluding hydrogens is 308 g/mol. The number of nitrogens with two attached hydrogens (primary N) is 1. The van der Waals surface area contributed by atoms with Crippen LogP contribution in [0.5, 0.6) is 0 Å². The third-order valence-corrected chi connectivity index (χ3v) is 4.54. The van der Waals surface area contributed by atoms with E-state index in [4.69, 9.17) is 22.1 Å². The third kappa shape index (κ3) is 2.34. The zero-order valence-corrected chi connectivity index (χ0v) is 12.7. The van der Waals surface area contributed by atoms with Gasteiger partial charge in [-0.05, 0) is 16.8 Å². The van der Waals surface area contributed by atoms with E-state index in [1.165, 1.54) is 7.11 Å². The number of rotatable bonds is 2. The van der Waals surface area contributed by atoms with Gasteiger partial charge in [0.25, 0.3) is 0 Å². The minimum Gasteiger partial charge on any atom is -0.464 e. The molecule has 0 saturated heterocycles. The van der Waals surface area contributed by atoms with Crippen LogP contribution in [0.3, 0.4) is 0 Å². The van der Waals surface area contributed by atoms with Crippen LogP contribution in [0.15, 0.2) is 35.7 Å². The first-order valence-corrected chi connectivity index (χ1v) is 7.38. The van der Waals surface area contributed by atoms with Crippen molar-refractivity contribution >= 4 is 45.4 Å². The number of methoxy groups -OCH3 is 1. The number of anilines is 1. The van der Waals surface area contributed by atoms with Crippen molar-refractivity contribution < 1.29 is 9.53 Å². The summed E-state index contributed by atoms with van der Waals surface area (Å²) in [5.41, 5.74) is 6.84. The predicted molar refractivity (Wildman–Crippen MR) is 85.8 cm³/mol. The number of benzene rings is 1. The molecule has 0 unspecified atom stereocenters. The van der Waals surface area contributed by atoms with E-state index < -0.39 is 5.97 Å². The van der Waals surface area contributed by atoms with Gasteiger partial charge < -0.3 is 10.5 Å². The Kier molecular flexibility index (Phi) is 3.53. The molecule has 0 saturated carbocycles. The van der Waals surface area contributed by atoms with Gasteiger partial charge in [0, 0.05) is 5.39 Å². The van der Waals surface area contributed by atoms with E-state index in [0.29, 0.717) is 11.4 Å². The average molecular weight is 319 g/mol. The number of esters is 1. The molecule has 2 N–H and O–H groups in total. The summed E-state index contributed by atoms with van der Waals surface area (Å²) in [6, 6.07) is 9.63. The van der Waals surface area contributed by atoms with Gasteiger partial charge in [0.05, 0.1) is 28.4 Å². The van der Waals surface area contributed by atoms with Gasteiger partial charge in [0.15, 0.2) is 5.69 Å². The van der Waals surface area contributed by atoms with Crippen molar-refractivity contribution in [3.8, 4) is 10.6 Å². The summed E-state index contributed by atoms with van der Waals surface area (Å²) in [5.74, 6) is -0.602. The minimum atomic E-state index is -0.602. The van der Waals surface area contributed by atoms with E-state index in [1.807, 2.05) is 29.6 Å². The number of pyridine rings is 1. The summed E-state index contributed by atoms with van der Waals surface area (Å²) >= 11 is 7.58. The Hall–Kier alpha value is -2.11. The first-order chi connectivity index (χ1) is 10.1. The van der Waals surface area contributed by atoms with Crippen molar-refractivity contribution in [1.29, 1.82) is 0 Å². The van der Waals surface area contributed by atoms with Gasteiger partial charge in [0.2, 0.25) is 0 Å². The minimum absolute atomic E-state index is 0.0339. The summed E-state index contributed by atoms with van der Waals surface area (Å²) < 4.78 is 4.69. The molecule has 1 aromatic carbocycles. The Labute approximate surface area is 130 Å². The number of ether oxygens (including phenoxy) is 1. The van der Waals surface area contributed by atoms with Crippen molar-refractivity contribution in [2.24, 2.45) is 0 Å². The zero-order valence-electron chi connectivity index (χ0n) is 11.1. The molecule has 0 bridgehead atoms. The molecule has 3 aromatic rings. The van der Waals surface area contributed by atoms with Crippen LogP contribution in [0.25, 0.3) is 21.3 Å². The Morgan fingerprint density at radius 2 is 2.14 bits per heavy atom. The van der Waals surface area contributed by atoms with Crippen LogP contribution in [-0.4, -0.2) is 18.1 Å². The summed E-state index contributed by atoms with van der Waals surface area (Å²) in [6.07, 6.45) is 0. The quantitative estimate of drug-likeness (QED) is 0.726. The number of aromatic nitrogens is 1. The van der Waals surface area contributed by atoms with Crippen molar-refractivity contribution in [2.45, 2.75) is 0 Å². The number of nitrogen functional groups attached to an aromatic ring is 1. The normalized spacial score (nSPS) is 10.8. The topological polar surface area (TPSA) is 65.2 Å². The number of nitrogens with zero attached hydrogens (tertiary/aromatic N) is 1. The van der Waals surface area contributed by atoms with Gasteiger partial charge in [-0.3, -0.25) is 0 Å². The van der Waals surface area contributed by atoms with Crippen LogP contribution in [0, 0.1) is 0 Å². The monoisotopic (exact) mass is 318 g/mol. The number of carbonyl (C=O) groups is 1. The molecule has 0 spiro atoms. The highest BCUT2D eigenvalue weighted by atomic mass is 35.5. The van der Waals surface area contributed by atoms with Gasteiger partial charge in [-0.25, -0.2) is 9.78 Å². The lowest BCUT2D eigenvalue weighted by atomic mass is 10.1. The SMILES string of the molecule is COC(=O)c1nc(-c2scc3ccccc23)cc(N)c1Cl. The first kappa shape index (κ1) is 13.9. The Bertz CT molecular complexity index is 845. The highest BCUT2D eigenvalue weighted by Gasteiger charge is 2.18. The standard InChI is InChI=1S/C15H11ClN2O2S/c1-20-15(19)13-12(16)10(17)6-11(18-13)14-9-5-3-2-4-8(9)7-21-14/h2-7H,1H3,(H2,17,18). The van der Waals surface area contributed by atoms with E-state index in [9.17, 15) is 4.79 Å². The van der Waals surface area contributed by atoms with Crippen LogP contribution in [-0.2, 0) is 4.74 Å². The van der Waals surface area contributed by atoms with Crippen molar-refractivity contribution in [1.82, 2.24) is 4.98 Å². The molecule has 4 nitrogen and oxygen atoms in total. The molecule has 2 heterocycles. The molecular formula is C15H11ClN2O2S. The van der Waals surface area contributed by atoms with Gasteiger partial charge in [-0.1, -0.05) is 35.9 Å². The molecule has 0 atom stereocenters. The summed E-state index contributed by atoms with van der Waals surface area (Å²) in [4.78, 5) is 17.0. The van der Waals surface area contributed by atoms with Crippen LogP contribution < -0.4 is 5.73 Å². The number of hydrogen-bond acceptors (Lipinski definition) is 5. The molecule has 0 aliphatic heterocycles. The molecule has 21 heavy (non-hydrogen) atoms. The van der Waals surface area contributed by atoms with E-state index in [2.05, 4.69) is 4.98 Å². The maximum Gasteiger partial charge on any atom is 0.358 e. The molecule has 0 aliphatic rings. The Morgan fingerprint density at radius 3 is 2.90 bits per heavy atom. The number of fused-ring (bicyclic) bond motifs is 1. The molecule has 0 fully saturated rings. The van der Waals surface area contributed by atoms with Crippen molar-refractivity contribution in [2.75, 3.05) is 12.8 Å². The molecule has 6 heteroatoms. The summed E-state index contributed by atoms with van der Waals surface area (Å²) in [5, 5.41) is 4.33. The smallest absolute Gasteiger partial charge is 0.358 e. The van der Waals surface area contributed by atoms with Crippen molar-refractivity contribution in [3.05, 3.63) is 46.4 Å². The van der Waals surface area contributed by atoms with Crippen LogP contribution in [0.2, 0.25) is 5.02 Å². The lowest BCUT2D eigenvalue weighted by molar-refractivity contribution is 0.0594. The van der Waals surface area contributed by atoms with Gasteiger partial charge in [0.1, 0.15) is 0 Å². The second-order valence-electron chi connectivity index (χ2n) is 4.40. The molecule has 0 radical (unpaired) electrons. The van der Waals surface area contributed by atoms with Gasteiger partial charge >= 0.3 is 5.97 Å². The number of thiophene rings is 1. The van der Waals surface area contributed by atoms with E-state index in [1.54, 1.807) is 17.4 Å². The fraction of sp³-hybridized carbons (Fsp3) is 0.0667. The van der Waals surface area contributed by atoms with Crippen LogP contribution in [0.4, 0.5) is 5.69 Å². The average Bonchev–Trinajstić information content (AvgIpc) is 2.93. The largest absolute Gasteiger partial charge is 0.464 e. The fourth-order valence-corrected chi connectivity index (χ4v) is 3.25. The lowest BCUT2D eigenvalue weighted by Crippen LogP contribution is -2.07.